The lowest BCUT2D eigenvalue weighted by Gasteiger charge is -2.30. The van der Waals surface area contributed by atoms with Crippen molar-refractivity contribution in [2.45, 2.75) is 347 Å². The monoisotopic (exact) mass is 1120 g/mol. The molecule has 0 saturated heterocycles. The van der Waals surface area contributed by atoms with E-state index in [9.17, 15) is 19.4 Å². The molecule has 0 rings (SSSR count). The highest BCUT2D eigenvalue weighted by molar-refractivity contribution is 7.45. The van der Waals surface area contributed by atoms with Crippen molar-refractivity contribution in [3.63, 3.8) is 0 Å². The summed E-state index contributed by atoms with van der Waals surface area (Å²) in [5.74, 6) is -0.158. The van der Waals surface area contributed by atoms with Gasteiger partial charge in [0.05, 0.1) is 39.9 Å². The zero-order valence-corrected chi connectivity index (χ0v) is 53.5. The standard InChI is InChI=1S/C69H133N2O6P/c1-6-8-10-12-14-16-18-20-22-23-24-25-26-27-28-29-30-31-32-33-34-35-36-37-38-39-40-41-42-43-44-45-46-47-49-51-53-55-57-59-61-63-69(73)70-67(66-77-78(74,75)76-65-64-71(3,4)5)68(72)62-60-58-56-54-52-50-48-21-19-17-15-13-11-9-7-2/h8,10,14,16,20,22,24-25,67-68,72H,6-7,9,11-13,15,17-19,21,23,26-66H2,1-5H3,(H-,70,73,74,75)/b10-8-,16-14-,22-20-,25-24-. The van der Waals surface area contributed by atoms with Crippen LogP contribution < -0.4 is 10.2 Å². The molecule has 0 heterocycles. The van der Waals surface area contributed by atoms with Crippen LogP contribution in [0.2, 0.25) is 0 Å². The number of aliphatic hydroxyl groups excluding tert-OH is 1. The van der Waals surface area contributed by atoms with E-state index in [2.05, 4.69) is 67.8 Å². The number of likely N-dealkylation sites (N-methyl/N-ethyl adjacent to an activating group) is 1. The van der Waals surface area contributed by atoms with Crippen molar-refractivity contribution in [2.24, 2.45) is 0 Å². The number of quaternary nitrogens is 1. The fourth-order valence-corrected chi connectivity index (χ4v) is 11.1. The number of phosphoric acid groups is 1. The van der Waals surface area contributed by atoms with Crippen LogP contribution in [0.4, 0.5) is 0 Å². The number of amides is 1. The quantitative estimate of drug-likeness (QED) is 0.0272. The fraction of sp³-hybridized carbons (Fsp3) is 0.870. The SMILES string of the molecule is CC/C=C\C/C=C\C/C=C\C/C=C\CCCCCCCCCCCCCCCCCCCCCCCCCCCCCCC(=O)NC(COP(=O)([O-])OCC[N+](C)(C)C)C(O)CCCCCCCCCCCCCCCCC. The molecule has 0 aromatic heterocycles. The number of aliphatic hydroxyl groups is 1. The van der Waals surface area contributed by atoms with E-state index in [1.807, 2.05) is 21.1 Å². The third-order valence-corrected chi connectivity index (χ3v) is 16.5. The molecular formula is C69H133N2O6P. The second-order valence-corrected chi connectivity index (χ2v) is 25.9. The lowest BCUT2D eigenvalue weighted by Crippen LogP contribution is -2.46. The molecule has 3 atom stereocenters. The van der Waals surface area contributed by atoms with Crippen LogP contribution in [-0.4, -0.2) is 68.5 Å². The minimum Gasteiger partial charge on any atom is -0.756 e. The highest BCUT2D eigenvalue weighted by Gasteiger charge is 2.24. The molecule has 0 saturated carbocycles. The molecule has 0 bridgehead atoms. The summed E-state index contributed by atoms with van der Waals surface area (Å²) in [5.41, 5.74) is 0. The summed E-state index contributed by atoms with van der Waals surface area (Å²) in [6.07, 6.45) is 80.6. The van der Waals surface area contributed by atoms with Gasteiger partial charge in [-0.2, -0.15) is 0 Å². The van der Waals surface area contributed by atoms with Crippen molar-refractivity contribution in [3.8, 4) is 0 Å². The number of allylic oxidation sites excluding steroid dienone is 8. The molecule has 0 aromatic carbocycles. The Balaban J connectivity index is 3.83. The van der Waals surface area contributed by atoms with Crippen LogP contribution in [0.1, 0.15) is 335 Å². The Morgan fingerprint density at radius 3 is 1.14 bits per heavy atom. The van der Waals surface area contributed by atoms with Crippen LogP contribution in [0.25, 0.3) is 0 Å². The van der Waals surface area contributed by atoms with Gasteiger partial charge in [-0.25, -0.2) is 0 Å². The maximum atomic E-state index is 13.0. The minimum absolute atomic E-state index is 0.0146. The minimum atomic E-state index is -4.57. The predicted molar refractivity (Wildman–Crippen MR) is 339 cm³/mol. The van der Waals surface area contributed by atoms with E-state index >= 15 is 0 Å². The van der Waals surface area contributed by atoms with E-state index < -0.39 is 20.0 Å². The normalized spacial score (nSPS) is 14.0. The first-order valence-electron chi connectivity index (χ1n) is 34.0. The topological polar surface area (TPSA) is 108 Å². The molecule has 8 nitrogen and oxygen atoms in total. The summed E-state index contributed by atoms with van der Waals surface area (Å²) in [6, 6.07) is -0.798. The summed E-state index contributed by atoms with van der Waals surface area (Å²) in [6.45, 7) is 4.65. The number of hydrogen-bond acceptors (Lipinski definition) is 6. The number of nitrogens with zero attached hydrogens (tertiary/aromatic N) is 1. The van der Waals surface area contributed by atoms with Crippen molar-refractivity contribution >= 4 is 13.7 Å². The Hall–Kier alpha value is -1.54. The van der Waals surface area contributed by atoms with Gasteiger partial charge in [0.1, 0.15) is 13.2 Å². The van der Waals surface area contributed by atoms with Gasteiger partial charge in [-0.3, -0.25) is 9.36 Å². The van der Waals surface area contributed by atoms with E-state index in [-0.39, 0.29) is 19.1 Å². The van der Waals surface area contributed by atoms with Crippen LogP contribution in [-0.2, 0) is 18.4 Å². The van der Waals surface area contributed by atoms with E-state index in [4.69, 9.17) is 9.05 Å². The Morgan fingerprint density at radius 2 is 0.782 bits per heavy atom. The van der Waals surface area contributed by atoms with Crippen LogP contribution in [0.3, 0.4) is 0 Å². The van der Waals surface area contributed by atoms with Crippen LogP contribution in [0, 0.1) is 0 Å². The Morgan fingerprint density at radius 1 is 0.462 bits per heavy atom. The number of hydrogen-bond donors (Lipinski definition) is 2. The van der Waals surface area contributed by atoms with Crippen molar-refractivity contribution < 1.29 is 32.9 Å². The Kier molecular flexibility index (Phi) is 58.9. The number of unbranched alkanes of at least 4 members (excludes halogenated alkanes) is 42. The van der Waals surface area contributed by atoms with Crippen molar-refractivity contribution in [1.82, 2.24) is 5.32 Å². The third-order valence-electron chi connectivity index (χ3n) is 15.6. The fourth-order valence-electron chi connectivity index (χ4n) is 10.3. The molecule has 2 N–H and O–H groups in total. The molecule has 0 aromatic rings. The summed E-state index contributed by atoms with van der Waals surface area (Å²) < 4.78 is 23.5. The second-order valence-electron chi connectivity index (χ2n) is 24.5. The molecule has 0 spiro atoms. The number of rotatable bonds is 63. The summed E-state index contributed by atoms with van der Waals surface area (Å²) in [4.78, 5) is 25.6. The molecule has 0 fully saturated rings. The molecule has 0 aliphatic heterocycles. The van der Waals surface area contributed by atoms with E-state index in [1.165, 1.54) is 244 Å². The molecule has 78 heavy (non-hydrogen) atoms. The third kappa shape index (κ3) is 62.1. The maximum Gasteiger partial charge on any atom is 0.268 e. The molecule has 3 unspecified atom stereocenters. The van der Waals surface area contributed by atoms with E-state index in [0.717, 1.165) is 64.2 Å². The van der Waals surface area contributed by atoms with Crippen LogP contribution >= 0.6 is 7.82 Å². The smallest absolute Gasteiger partial charge is 0.268 e. The van der Waals surface area contributed by atoms with E-state index in [0.29, 0.717) is 23.9 Å². The summed E-state index contributed by atoms with van der Waals surface area (Å²) >= 11 is 0. The first-order valence-corrected chi connectivity index (χ1v) is 35.4. The van der Waals surface area contributed by atoms with Gasteiger partial charge in [-0.1, -0.05) is 326 Å². The number of nitrogens with one attached hydrogen (secondary N) is 1. The molecule has 0 aliphatic rings. The second kappa shape index (κ2) is 60.1. The maximum absolute atomic E-state index is 13.0. The molecule has 460 valence electrons. The van der Waals surface area contributed by atoms with Gasteiger partial charge in [-0.05, 0) is 51.4 Å². The summed E-state index contributed by atoms with van der Waals surface area (Å²) in [7, 11) is 1.32. The van der Waals surface area contributed by atoms with Gasteiger partial charge in [0.15, 0.2) is 0 Å². The zero-order chi connectivity index (χ0) is 57.0. The Bertz CT molecular complexity index is 1410. The van der Waals surface area contributed by atoms with Gasteiger partial charge in [0.2, 0.25) is 5.91 Å². The average molecular weight is 1120 g/mol. The van der Waals surface area contributed by atoms with Gasteiger partial charge in [-0.15, -0.1) is 0 Å². The van der Waals surface area contributed by atoms with Crippen LogP contribution in [0.5, 0.6) is 0 Å². The zero-order valence-electron chi connectivity index (χ0n) is 52.6. The first-order chi connectivity index (χ1) is 38.0. The number of carbonyl (C=O) groups excluding carboxylic acids is 1. The van der Waals surface area contributed by atoms with Gasteiger partial charge in [0, 0.05) is 6.42 Å². The molecular weight excluding hydrogens is 984 g/mol. The largest absolute Gasteiger partial charge is 0.756 e. The van der Waals surface area contributed by atoms with Gasteiger partial charge in [0.25, 0.3) is 7.82 Å². The Labute approximate surface area is 486 Å². The lowest BCUT2D eigenvalue weighted by atomic mass is 10.0. The lowest BCUT2D eigenvalue weighted by molar-refractivity contribution is -0.870. The van der Waals surface area contributed by atoms with Gasteiger partial charge < -0.3 is 28.8 Å². The average Bonchev–Trinajstić information content (AvgIpc) is 3.41. The number of carbonyl (C=O) groups is 1. The predicted octanol–water partition coefficient (Wildman–Crippen LogP) is 20.8. The van der Waals surface area contributed by atoms with Gasteiger partial charge >= 0.3 is 0 Å². The molecule has 9 heteroatoms. The highest BCUT2D eigenvalue weighted by atomic mass is 31.2. The molecule has 0 radical (unpaired) electrons. The van der Waals surface area contributed by atoms with E-state index in [1.54, 1.807) is 0 Å². The van der Waals surface area contributed by atoms with Crippen molar-refractivity contribution in [1.29, 1.82) is 0 Å². The van der Waals surface area contributed by atoms with Crippen molar-refractivity contribution in [3.05, 3.63) is 48.6 Å². The summed E-state index contributed by atoms with van der Waals surface area (Å²) in [5, 5.41) is 14.0. The number of phosphoric ester groups is 1. The first kappa shape index (κ1) is 76.5. The van der Waals surface area contributed by atoms with Crippen LogP contribution in [0.15, 0.2) is 48.6 Å². The van der Waals surface area contributed by atoms with Crippen molar-refractivity contribution in [2.75, 3.05) is 40.9 Å². The molecule has 0 aliphatic carbocycles. The molecule has 1 amide bonds. The highest BCUT2D eigenvalue weighted by Crippen LogP contribution is 2.38.